The second-order valence-electron chi connectivity index (χ2n) is 3.79. The molecule has 0 aliphatic carbocycles. The Labute approximate surface area is 98.0 Å². The number of fused-ring (bicyclic) bond motifs is 1. The minimum Gasteiger partial charge on any atom is -0.392 e. The Kier molecular flexibility index (Phi) is 2.34. The van der Waals surface area contributed by atoms with Gasteiger partial charge in [0.05, 0.1) is 23.8 Å². The second-order valence-corrected chi connectivity index (χ2v) is 3.79. The maximum atomic E-state index is 9.30. The van der Waals surface area contributed by atoms with Crippen molar-refractivity contribution in [3.63, 3.8) is 0 Å². The molecule has 0 spiro atoms. The number of aromatic nitrogens is 3. The molecule has 1 aromatic carbocycles. The molecular formula is C13H11N3O. The van der Waals surface area contributed by atoms with Gasteiger partial charge in [-0.1, -0.05) is 24.3 Å². The maximum absolute atomic E-state index is 9.30. The average molecular weight is 225 g/mol. The van der Waals surface area contributed by atoms with Gasteiger partial charge in [0.1, 0.15) is 5.82 Å². The SMILES string of the molecule is OCc1ccccc1-c1nc2ccncc2[nH]1. The number of nitrogens with zero attached hydrogens (tertiary/aromatic N) is 2. The summed E-state index contributed by atoms with van der Waals surface area (Å²) in [6, 6.07) is 9.52. The van der Waals surface area contributed by atoms with Crippen LogP contribution in [0.1, 0.15) is 5.56 Å². The van der Waals surface area contributed by atoms with Gasteiger partial charge in [-0.15, -0.1) is 0 Å². The van der Waals surface area contributed by atoms with E-state index in [1.54, 1.807) is 12.4 Å². The minimum atomic E-state index is 0.00543. The van der Waals surface area contributed by atoms with Crippen LogP contribution >= 0.6 is 0 Å². The van der Waals surface area contributed by atoms with Gasteiger partial charge >= 0.3 is 0 Å². The number of aliphatic hydroxyl groups is 1. The molecule has 2 heterocycles. The highest BCUT2D eigenvalue weighted by Crippen LogP contribution is 2.23. The summed E-state index contributed by atoms with van der Waals surface area (Å²) in [5, 5.41) is 9.30. The van der Waals surface area contributed by atoms with E-state index < -0.39 is 0 Å². The number of pyridine rings is 1. The Balaban J connectivity index is 2.20. The van der Waals surface area contributed by atoms with E-state index in [9.17, 15) is 5.11 Å². The van der Waals surface area contributed by atoms with E-state index in [-0.39, 0.29) is 6.61 Å². The molecule has 0 radical (unpaired) electrons. The number of rotatable bonds is 2. The fourth-order valence-corrected chi connectivity index (χ4v) is 1.87. The quantitative estimate of drug-likeness (QED) is 0.702. The molecule has 84 valence electrons. The van der Waals surface area contributed by atoms with Crippen molar-refractivity contribution in [1.29, 1.82) is 0 Å². The first-order chi connectivity index (χ1) is 8.38. The van der Waals surface area contributed by atoms with Crippen LogP contribution in [0.15, 0.2) is 42.7 Å². The Hall–Kier alpha value is -2.20. The zero-order chi connectivity index (χ0) is 11.7. The summed E-state index contributed by atoms with van der Waals surface area (Å²) < 4.78 is 0. The van der Waals surface area contributed by atoms with Crippen LogP contribution in [-0.4, -0.2) is 20.1 Å². The third-order valence-corrected chi connectivity index (χ3v) is 2.73. The number of benzene rings is 1. The van der Waals surface area contributed by atoms with Gasteiger partial charge < -0.3 is 10.1 Å². The lowest BCUT2D eigenvalue weighted by Gasteiger charge is -2.02. The van der Waals surface area contributed by atoms with Crippen molar-refractivity contribution in [2.75, 3.05) is 0 Å². The van der Waals surface area contributed by atoms with E-state index in [1.807, 2.05) is 30.3 Å². The van der Waals surface area contributed by atoms with Crippen LogP contribution < -0.4 is 0 Å². The first-order valence-corrected chi connectivity index (χ1v) is 5.37. The molecule has 3 rings (SSSR count). The molecule has 0 fully saturated rings. The van der Waals surface area contributed by atoms with Gasteiger partial charge in [-0.25, -0.2) is 4.98 Å². The Morgan fingerprint density at radius 1 is 1.18 bits per heavy atom. The average Bonchev–Trinajstić information content (AvgIpc) is 2.82. The van der Waals surface area contributed by atoms with Crippen molar-refractivity contribution < 1.29 is 5.11 Å². The van der Waals surface area contributed by atoms with Crippen molar-refractivity contribution in [3.8, 4) is 11.4 Å². The number of aliphatic hydroxyl groups excluding tert-OH is 1. The van der Waals surface area contributed by atoms with Gasteiger partial charge in [-0.2, -0.15) is 0 Å². The summed E-state index contributed by atoms with van der Waals surface area (Å²) in [5.41, 5.74) is 3.56. The topological polar surface area (TPSA) is 61.8 Å². The zero-order valence-corrected chi connectivity index (χ0v) is 9.09. The number of H-pyrrole nitrogens is 1. The number of aromatic amines is 1. The van der Waals surface area contributed by atoms with E-state index in [4.69, 9.17) is 0 Å². The Morgan fingerprint density at radius 2 is 2.06 bits per heavy atom. The predicted octanol–water partition coefficient (Wildman–Crippen LogP) is 2.12. The fourth-order valence-electron chi connectivity index (χ4n) is 1.87. The van der Waals surface area contributed by atoms with Crippen molar-refractivity contribution in [1.82, 2.24) is 15.0 Å². The second kappa shape index (κ2) is 3.99. The molecule has 0 aliphatic heterocycles. The lowest BCUT2D eigenvalue weighted by atomic mass is 10.1. The Bertz CT molecular complexity index is 627. The van der Waals surface area contributed by atoms with Crippen molar-refractivity contribution in [2.45, 2.75) is 6.61 Å². The summed E-state index contributed by atoms with van der Waals surface area (Å²) in [4.78, 5) is 11.7. The van der Waals surface area contributed by atoms with Gasteiger partial charge in [0.25, 0.3) is 0 Å². The lowest BCUT2D eigenvalue weighted by Crippen LogP contribution is -1.89. The molecule has 0 atom stereocenters. The third kappa shape index (κ3) is 1.68. The molecular weight excluding hydrogens is 214 g/mol. The molecule has 17 heavy (non-hydrogen) atoms. The number of hydrogen-bond acceptors (Lipinski definition) is 3. The van der Waals surface area contributed by atoms with Crippen LogP contribution in [0, 0.1) is 0 Å². The molecule has 0 amide bonds. The summed E-state index contributed by atoms with van der Waals surface area (Å²) in [7, 11) is 0. The molecule has 0 aliphatic rings. The molecule has 3 aromatic rings. The number of nitrogens with one attached hydrogen (secondary N) is 1. The van der Waals surface area contributed by atoms with Crippen LogP contribution in [0.2, 0.25) is 0 Å². The maximum Gasteiger partial charge on any atom is 0.138 e. The summed E-state index contributed by atoms with van der Waals surface area (Å²) in [6.45, 7) is 0.00543. The van der Waals surface area contributed by atoms with Gasteiger partial charge in [0.15, 0.2) is 0 Å². The van der Waals surface area contributed by atoms with Crippen LogP contribution in [0.3, 0.4) is 0 Å². The van der Waals surface area contributed by atoms with Crippen molar-refractivity contribution in [2.24, 2.45) is 0 Å². The summed E-state index contributed by atoms with van der Waals surface area (Å²) in [6.07, 6.45) is 3.46. The van der Waals surface area contributed by atoms with Crippen LogP contribution in [0.4, 0.5) is 0 Å². The standard InChI is InChI=1S/C13H11N3O/c17-8-9-3-1-2-4-10(9)13-15-11-5-6-14-7-12(11)16-13/h1-7,17H,8H2,(H,15,16). The molecule has 0 unspecified atom stereocenters. The fraction of sp³-hybridized carbons (Fsp3) is 0.0769. The lowest BCUT2D eigenvalue weighted by molar-refractivity contribution is 0.282. The van der Waals surface area contributed by atoms with Gasteiger partial charge in [0, 0.05) is 11.8 Å². The van der Waals surface area contributed by atoms with Crippen LogP contribution in [0.5, 0.6) is 0 Å². The van der Waals surface area contributed by atoms with E-state index in [0.29, 0.717) is 0 Å². The zero-order valence-electron chi connectivity index (χ0n) is 9.09. The molecule has 4 heteroatoms. The molecule has 0 bridgehead atoms. The Morgan fingerprint density at radius 3 is 2.88 bits per heavy atom. The van der Waals surface area contributed by atoms with E-state index >= 15 is 0 Å². The van der Waals surface area contributed by atoms with Crippen LogP contribution in [-0.2, 0) is 6.61 Å². The highest BCUT2D eigenvalue weighted by Gasteiger charge is 2.08. The smallest absolute Gasteiger partial charge is 0.138 e. The largest absolute Gasteiger partial charge is 0.392 e. The molecule has 0 saturated heterocycles. The predicted molar refractivity (Wildman–Crippen MR) is 65.2 cm³/mol. The normalized spacial score (nSPS) is 10.9. The first-order valence-electron chi connectivity index (χ1n) is 5.37. The first kappa shape index (κ1) is 9.99. The molecule has 2 aromatic heterocycles. The monoisotopic (exact) mass is 225 g/mol. The highest BCUT2D eigenvalue weighted by atomic mass is 16.3. The molecule has 0 saturated carbocycles. The summed E-state index contributed by atoms with van der Waals surface area (Å²) in [5.74, 6) is 0.762. The molecule has 2 N–H and O–H groups in total. The van der Waals surface area contributed by atoms with Crippen LogP contribution in [0.25, 0.3) is 22.4 Å². The van der Waals surface area contributed by atoms with Gasteiger partial charge in [-0.3, -0.25) is 4.98 Å². The van der Waals surface area contributed by atoms with Crippen molar-refractivity contribution in [3.05, 3.63) is 48.3 Å². The molecule has 4 nitrogen and oxygen atoms in total. The third-order valence-electron chi connectivity index (χ3n) is 2.73. The van der Waals surface area contributed by atoms with E-state index in [0.717, 1.165) is 28.0 Å². The number of imidazole rings is 1. The number of hydrogen-bond donors (Lipinski definition) is 2. The van der Waals surface area contributed by atoms with Gasteiger partial charge in [-0.05, 0) is 11.6 Å². The van der Waals surface area contributed by atoms with Gasteiger partial charge in [0.2, 0.25) is 0 Å². The van der Waals surface area contributed by atoms with E-state index in [1.165, 1.54) is 0 Å². The minimum absolute atomic E-state index is 0.00543. The van der Waals surface area contributed by atoms with E-state index in [2.05, 4.69) is 15.0 Å². The highest BCUT2D eigenvalue weighted by molar-refractivity contribution is 5.78. The summed E-state index contributed by atoms with van der Waals surface area (Å²) >= 11 is 0. The van der Waals surface area contributed by atoms with Crippen molar-refractivity contribution >= 4 is 11.0 Å².